The molecule has 0 spiro atoms. The molecule has 0 saturated carbocycles. The molecule has 3 rings (SSSR count). The van der Waals surface area contributed by atoms with Crippen LogP contribution in [0.4, 0.5) is 5.69 Å². The molecule has 1 N–H and O–H groups in total. The van der Waals surface area contributed by atoms with Gasteiger partial charge in [0.25, 0.3) is 5.91 Å². The predicted molar refractivity (Wildman–Crippen MR) is 100.0 cm³/mol. The Morgan fingerprint density at radius 2 is 2.00 bits per heavy atom. The van der Waals surface area contributed by atoms with Crippen molar-refractivity contribution >= 4 is 29.1 Å². The molecule has 0 aliphatic carbocycles. The molecular formula is C20H19ClN2O2. The van der Waals surface area contributed by atoms with E-state index in [1.165, 1.54) is 6.08 Å². The molecule has 1 aliphatic heterocycles. The summed E-state index contributed by atoms with van der Waals surface area (Å²) in [7, 11) is 0. The predicted octanol–water partition coefficient (Wildman–Crippen LogP) is 4.09. The van der Waals surface area contributed by atoms with Crippen LogP contribution in [0.1, 0.15) is 28.3 Å². The SMILES string of the molecule is C=CC(=O)Nc1ccccc1C(=O)N1CCC(c2cccc(Cl)c2)C1. The first-order chi connectivity index (χ1) is 12.1. The summed E-state index contributed by atoms with van der Waals surface area (Å²) in [5.74, 6) is -0.138. The second-order valence-electron chi connectivity index (χ2n) is 6.03. The van der Waals surface area contributed by atoms with Crippen molar-refractivity contribution < 1.29 is 9.59 Å². The van der Waals surface area contributed by atoms with Crippen molar-refractivity contribution in [2.75, 3.05) is 18.4 Å². The molecule has 0 radical (unpaired) electrons. The third kappa shape index (κ3) is 3.91. The van der Waals surface area contributed by atoms with Gasteiger partial charge in [-0.05, 0) is 42.3 Å². The number of hydrogen-bond acceptors (Lipinski definition) is 2. The Morgan fingerprint density at radius 1 is 1.20 bits per heavy atom. The van der Waals surface area contributed by atoms with Crippen molar-refractivity contribution in [2.24, 2.45) is 0 Å². The lowest BCUT2D eigenvalue weighted by molar-refractivity contribution is -0.111. The number of carbonyl (C=O) groups is 2. The van der Waals surface area contributed by atoms with Crippen LogP contribution in [0.2, 0.25) is 5.02 Å². The Hall–Kier alpha value is -2.59. The number of para-hydroxylation sites is 1. The fraction of sp³-hybridized carbons (Fsp3) is 0.200. The number of rotatable bonds is 4. The Labute approximate surface area is 152 Å². The zero-order valence-corrected chi connectivity index (χ0v) is 14.5. The van der Waals surface area contributed by atoms with E-state index in [4.69, 9.17) is 11.6 Å². The molecule has 2 amide bonds. The quantitative estimate of drug-likeness (QED) is 0.840. The van der Waals surface area contributed by atoms with E-state index in [0.29, 0.717) is 29.4 Å². The van der Waals surface area contributed by atoms with E-state index in [1.807, 2.05) is 29.2 Å². The molecule has 2 aromatic carbocycles. The highest BCUT2D eigenvalue weighted by molar-refractivity contribution is 6.30. The van der Waals surface area contributed by atoms with Crippen LogP contribution in [-0.2, 0) is 4.79 Å². The van der Waals surface area contributed by atoms with Gasteiger partial charge in [0, 0.05) is 24.0 Å². The number of likely N-dealkylation sites (tertiary alicyclic amines) is 1. The number of hydrogen-bond donors (Lipinski definition) is 1. The molecule has 25 heavy (non-hydrogen) atoms. The summed E-state index contributed by atoms with van der Waals surface area (Å²) in [6.45, 7) is 4.76. The minimum atomic E-state index is -0.335. The van der Waals surface area contributed by atoms with E-state index in [-0.39, 0.29) is 17.7 Å². The highest BCUT2D eigenvalue weighted by Crippen LogP contribution is 2.30. The molecule has 1 heterocycles. The number of halogens is 1. The molecule has 1 saturated heterocycles. The van der Waals surface area contributed by atoms with Gasteiger partial charge in [0.05, 0.1) is 11.3 Å². The fourth-order valence-corrected chi connectivity index (χ4v) is 3.31. The smallest absolute Gasteiger partial charge is 0.255 e. The number of benzene rings is 2. The third-order valence-electron chi connectivity index (χ3n) is 4.40. The van der Waals surface area contributed by atoms with Crippen LogP contribution in [0.5, 0.6) is 0 Å². The van der Waals surface area contributed by atoms with Crippen molar-refractivity contribution in [2.45, 2.75) is 12.3 Å². The molecule has 4 nitrogen and oxygen atoms in total. The van der Waals surface area contributed by atoms with Crippen molar-refractivity contribution in [1.29, 1.82) is 0 Å². The summed E-state index contributed by atoms with van der Waals surface area (Å²) >= 11 is 6.07. The maximum Gasteiger partial charge on any atom is 0.255 e. The van der Waals surface area contributed by atoms with Gasteiger partial charge in [-0.25, -0.2) is 0 Å². The van der Waals surface area contributed by atoms with Crippen LogP contribution < -0.4 is 5.32 Å². The van der Waals surface area contributed by atoms with Crippen LogP contribution in [0.3, 0.4) is 0 Å². The summed E-state index contributed by atoms with van der Waals surface area (Å²) in [4.78, 5) is 26.3. The summed E-state index contributed by atoms with van der Waals surface area (Å²) < 4.78 is 0. The van der Waals surface area contributed by atoms with Gasteiger partial charge in [-0.3, -0.25) is 9.59 Å². The molecule has 2 aromatic rings. The van der Waals surface area contributed by atoms with Gasteiger partial charge in [-0.2, -0.15) is 0 Å². The minimum Gasteiger partial charge on any atom is -0.338 e. The van der Waals surface area contributed by atoms with Crippen LogP contribution in [0, 0.1) is 0 Å². The number of nitrogens with one attached hydrogen (secondary N) is 1. The number of carbonyl (C=O) groups excluding carboxylic acids is 2. The number of amides is 2. The lowest BCUT2D eigenvalue weighted by Crippen LogP contribution is -2.29. The molecular weight excluding hydrogens is 336 g/mol. The normalized spacial score (nSPS) is 16.5. The average molecular weight is 355 g/mol. The van der Waals surface area contributed by atoms with Gasteiger partial charge in [0.1, 0.15) is 0 Å². The van der Waals surface area contributed by atoms with E-state index in [9.17, 15) is 9.59 Å². The molecule has 128 valence electrons. The lowest BCUT2D eigenvalue weighted by atomic mass is 9.99. The number of anilines is 1. The van der Waals surface area contributed by atoms with Gasteiger partial charge in [0.15, 0.2) is 0 Å². The summed E-state index contributed by atoms with van der Waals surface area (Å²) in [5.41, 5.74) is 2.14. The van der Waals surface area contributed by atoms with Crippen molar-refractivity contribution in [3.8, 4) is 0 Å². The van der Waals surface area contributed by atoms with Crippen LogP contribution in [-0.4, -0.2) is 29.8 Å². The second-order valence-corrected chi connectivity index (χ2v) is 6.47. The van der Waals surface area contributed by atoms with E-state index >= 15 is 0 Å². The van der Waals surface area contributed by atoms with E-state index < -0.39 is 0 Å². The van der Waals surface area contributed by atoms with Gasteiger partial charge in [0.2, 0.25) is 5.91 Å². The standard InChI is InChI=1S/C20H19ClN2O2/c1-2-19(24)22-18-9-4-3-8-17(18)20(25)23-11-10-15(13-23)14-6-5-7-16(21)12-14/h2-9,12,15H,1,10-11,13H2,(H,22,24). The van der Waals surface area contributed by atoms with Gasteiger partial charge >= 0.3 is 0 Å². The highest BCUT2D eigenvalue weighted by Gasteiger charge is 2.29. The fourth-order valence-electron chi connectivity index (χ4n) is 3.11. The van der Waals surface area contributed by atoms with E-state index in [1.54, 1.807) is 24.3 Å². The highest BCUT2D eigenvalue weighted by atomic mass is 35.5. The molecule has 5 heteroatoms. The summed E-state index contributed by atoms with van der Waals surface area (Å²) in [5, 5.41) is 3.40. The maximum atomic E-state index is 12.9. The van der Waals surface area contributed by atoms with Crippen LogP contribution in [0.15, 0.2) is 61.2 Å². The monoisotopic (exact) mass is 354 g/mol. The molecule has 1 atom stereocenters. The maximum absolute atomic E-state index is 12.9. The van der Waals surface area contributed by atoms with Crippen molar-refractivity contribution in [3.63, 3.8) is 0 Å². The van der Waals surface area contributed by atoms with E-state index in [2.05, 4.69) is 11.9 Å². The van der Waals surface area contributed by atoms with E-state index in [0.717, 1.165) is 12.0 Å². The molecule has 0 bridgehead atoms. The van der Waals surface area contributed by atoms with Crippen molar-refractivity contribution in [3.05, 3.63) is 77.3 Å². The van der Waals surface area contributed by atoms with Crippen molar-refractivity contribution in [1.82, 2.24) is 4.90 Å². The molecule has 1 aliphatic rings. The Balaban J connectivity index is 1.76. The third-order valence-corrected chi connectivity index (χ3v) is 4.63. The van der Waals surface area contributed by atoms with Gasteiger partial charge in [-0.15, -0.1) is 0 Å². The first-order valence-electron chi connectivity index (χ1n) is 8.15. The van der Waals surface area contributed by atoms with Crippen LogP contribution >= 0.6 is 11.6 Å². The average Bonchev–Trinajstić information content (AvgIpc) is 3.11. The van der Waals surface area contributed by atoms with Gasteiger partial charge in [-0.1, -0.05) is 42.4 Å². The first-order valence-corrected chi connectivity index (χ1v) is 8.53. The molecule has 1 unspecified atom stereocenters. The van der Waals surface area contributed by atoms with Gasteiger partial charge < -0.3 is 10.2 Å². The largest absolute Gasteiger partial charge is 0.338 e. The zero-order chi connectivity index (χ0) is 17.8. The summed E-state index contributed by atoms with van der Waals surface area (Å²) in [6.07, 6.45) is 2.08. The minimum absolute atomic E-state index is 0.0792. The Bertz CT molecular complexity index is 819. The number of nitrogens with zero attached hydrogens (tertiary/aromatic N) is 1. The Morgan fingerprint density at radius 3 is 2.76 bits per heavy atom. The topological polar surface area (TPSA) is 49.4 Å². The Kier molecular flexibility index (Phi) is 5.19. The molecule has 1 fully saturated rings. The first kappa shape index (κ1) is 17.2. The molecule has 0 aromatic heterocycles. The van der Waals surface area contributed by atoms with Crippen LogP contribution in [0.25, 0.3) is 0 Å². The summed E-state index contributed by atoms with van der Waals surface area (Å²) in [6, 6.07) is 14.8. The lowest BCUT2D eigenvalue weighted by Gasteiger charge is -2.19. The zero-order valence-electron chi connectivity index (χ0n) is 13.7. The second kappa shape index (κ2) is 7.53.